The normalized spacial score (nSPS) is 19.5. The lowest BCUT2D eigenvalue weighted by molar-refractivity contribution is -0.154. The van der Waals surface area contributed by atoms with Crippen molar-refractivity contribution in [3.8, 4) is 0 Å². The molecule has 1 aliphatic carbocycles. The van der Waals surface area contributed by atoms with E-state index in [-0.39, 0.29) is 12.3 Å². The molecule has 0 spiro atoms. The first kappa shape index (κ1) is 12.0. The minimum absolute atomic E-state index is 0.135. The van der Waals surface area contributed by atoms with Crippen LogP contribution in [0.1, 0.15) is 45.4 Å². The molecule has 1 rings (SSSR count). The molecule has 2 N–H and O–H groups in total. The fourth-order valence-electron chi connectivity index (χ4n) is 2.26. The molecule has 1 amide bonds. The number of hydrogen-bond donors (Lipinski definition) is 2. The monoisotopic (exact) mass is 213 g/mol. The van der Waals surface area contributed by atoms with Crippen LogP contribution in [0.5, 0.6) is 0 Å². The van der Waals surface area contributed by atoms with Crippen molar-refractivity contribution in [2.75, 3.05) is 6.54 Å². The summed E-state index contributed by atoms with van der Waals surface area (Å²) in [5.41, 5.74) is -0.794. The summed E-state index contributed by atoms with van der Waals surface area (Å²) in [6.07, 6.45) is 4.34. The molecular formula is C11H19NO3. The number of carbonyl (C=O) groups excluding carboxylic acids is 1. The zero-order valence-electron chi connectivity index (χ0n) is 9.21. The summed E-state index contributed by atoms with van der Waals surface area (Å²) in [7, 11) is 0. The van der Waals surface area contributed by atoms with Gasteiger partial charge in [-0.15, -0.1) is 0 Å². The first-order valence-corrected chi connectivity index (χ1v) is 5.61. The molecule has 0 atom stereocenters. The quantitative estimate of drug-likeness (QED) is 0.744. The van der Waals surface area contributed by atoms with Gasteiger partial charge < -0.3 is 10.4 Å². The molecule has 4 heteroatoms. The molecule has 0 aliphatic heterocycles. The maximum absolute atomic E-state index is 11.4. The Labute approximate surface area is 90.0 Å². The predicted molar refractivity (Wildman–Crippen MR) is 56.5 cm³/mol. The second-order valence-corrected chi connectivity index (χ2v) is 4.28. The molecule has 0 bridgehead atoms. The van der Waals surface area contributed by atoms with Gasteiger partial charge in [-0.1, -0.05) is 19.3 Å². The Morgan fingerprint density at radius 2 is 1.87 bits per heavy atom. The fourth-order valence-corrected chi connectivity index (χ4v) is 2.26. The summed E-state index contributed by atoms with van der Waals surface area (Å²) < 4.78 is 0. The van der Waals surface area contributed by atoms with Crippen molar-refractivity contribution >= 4 is 11.9 Å². The highest BCUT2D eigenvalue weighted by Gasteiger charge is 2.41. The molecule has 1 saturated carbocycles. The lowest BCUT2D eigenvalue weighted by Crippen LogP contribution is -2.39. The van der Waals surface area contributed by atoms with Gasteiger partial charge in [0.2, 0.25) is 5.91 Å². The van der Waals surface area contributed by atoms with E-state index in [1.165, 1.54) is 0 Å². The first-order valence-electron chi connectivity index (χ1n) is 5.61. The number of hydrogen-bond acceptors (Lipinski definition) is 2. The molecule has 1 fully saturated rings. The van der Waals surface area contributed by atoms with Crippen LogP contribution in [0.15, 0.2) is 0 Å². The summed E-state index contributed by atoms with van der Waals surface area (Å²) in [6.45, 7) is 2.40. The summed E-state index contributed by atoms with van der Waals surface area (Å²) in [6, 6.07) is 0. The Hall–Kier alpha value is -1.06. The number of carboxylic acids is 1. The van der Waals surface area contributed by atoms with E-state index in [4.69, 9.17) is 0 Å². The van der Waals surface area contributed by atoms with Crippen LogP contribution in [0, 0.1) is 5.41 Å². The van der Waals surface area contributed by atoms with Crippen molar-refractivity contribution in [3.05, 3.63) is 0 Å². The van der Waals surface area contributed by atoms with Crippen LogP contribution in [0.2, 0.25) is 0 Å². The van der Waals surface area contributed by atoms with Gasteiger partial charge in [0.05, 0.1) is 5.41 Å². The fraction of sp³-hybridized carbons (Fsp3) is 0.818. The van der Waals surface area contributed by atoms with E-state index in [1.807, 2.05) is 6.92 Å². The highest BCUT2D eigenvalue weighted by Crippen LogP contribution is 2.39. The van der Waals surface area contributed by atoms with Crippen molar-refractivity contribution in [2.45, 2.75) is 45.4 Å². The van der Waals surface area contributed by atoms with E-state index in [0.29, 0.717) is 19.4 Å². The van der Waals surface area contributed by atoms with Crippen LogP contribution >= 0.6 is 0 Å². The van der Waals surface area contributed by atoms with Gasteiger partial charge in [0, 0.05) is 13.0 Å². The molecule has 0 aromatic heterocycles. The van der Waals surface area contributed by atoms with E-state index in [2.05, 4.69) is 5.32 Å². The van der Waals surface area contributed by atoms with Crippen molar-refractivity contribution in [1.29, 1.82) is 0 Å². The van der Waals surface area contributed by atoms with Gasteiger partial charge >= 0.3 is 5.97 Å². The van der Waals surface area contributed by atoms with Crippen molar-refractivity contribution in [2.24, 2.45) is 5.41 Å². The van der Waals surface area contributed by atoms with Gasteiger partial charge in [0.25, 0.3) is 0 Å². The number of carbonyl (C=O) groups is 2. The second kappa shape index (κ2) is 5.14. The van der Waals surface area contributed by atoms with Crippen LogP contribution in [-0.2, 0) is 9.59 Å². The molecule has 0 saturated heterocycles. The van der Waals surface area contributed by atoms with Gasteiger partial charge in [-0.3, -0.25) is 9.59 Å². The average Bonchev–Trinajstić information content (AvgIpc) is 2.19. The Bertz CT molecular complexity index is 244. The van der Waals surface area contributed by atoms with Gasteiger partial charge in [0.1, 0.15) is 0 Å². The number of carboxylic acid groups (broad SMARTS) is 1. The van der Waals surface area contributed by atoms with Crippen molar-refractivity contribution < 1.29 is 14.7 Å². The molecule has 0 aromatic carbocycles. The minimum Gasteiger partial charge on any atom is -0.481 e. The van der Waals surface area contributed by atoms with E-state index < -0.39 is 11.4 Å². The zero-order valence-corrected chi connectivity index (χ0v) is 9.21. The Morgan fingerprint density at radius 1 is 1.27 bits per heavy atom. The van der Waals surface area contributed by atoms with Crippen molar-refractivity contribution in [1.82, 2.24) is 5.32 Å². The molecule has 0 unspecified atom stereocenters. The van der Waals surface area contributed by atoms with Gasteiger partial charge in [-0.25, -0.2) is 0 Å². The number of amides is 1. The van der Waals surface area contributed by atoms with Gasteiger partial charge in [-0.05, 0) is 19.8 Å². The van der Waals surface area contributed by atoms with E-state index in [1.54, 1.807) is 0 Å². The smallest absolute Gasteiger partial charge is 0.310 e. The topological polar surface area (TPSA) is 66.4 Å². The van der Waals surface area contributed by atoms with Crippen molar-refractivity contribution in [3.63, 3.8) is 0 Å². The van der Waals surface area contributed by atoms with Gasteiger partial charge in [0.15, 0.2) is 0 Å². The predicted octanol–water partition coefficient (Wildman–Crippen LogP) is 1.55. The Balaban J connectivity index is 2.64. The van der Waals surface area contributed by atoms with Crippen LogP contribution < -0.4 is 5.32 Å². The molecule has 86 valence electrons. The molecule has 0 radical (unpaired) electrons. The lowest BCUT2D eigenvalue weighted by atomic mass is 9.71. The van der Waals surface area contributed by atoms with E-state index in [0.717, 1.165) is 19.3 Å². The standard InChI is InChI=1S/C11H19NO3/c1-2-12-9(13)8-11(10(14)15)6-4-3-5-7-11/h2-8H2,1H3,(H,12,13)(H,14,15). The zero-order chi connectivity index (χ0) is 11.3. The van der Waals surface area contributed by atoms with E-state index >= 15 is 0 Å². The largest absolute Gasteiger partial charge is 0.481 e. The maximum atomic E-state index is 11.4. The van der Waals surface area contributed by atoms with E-state index in [9.17, 15) is 14.7 Å². The Morgan fingerprint density at radius 3 is 2.33 bits per heavy atom. The maximum Gasteiger partial charge on any atom is 0.310 e. The number of aliphatic carboxylic acids is 1. The SMILES string of the molecule is CCNC(=O)CC1(C(=O)O)CCCCC1. The van der Waals surface area contributed by atoms with Crippen LogP contribution in [0.3, 0.4) is 0 Å². The molecule has 0 heterocycles. The third kappa shape index (κ3) is 2.94. The van der Waals surface area contributed by atoms with Gasteiger partial charge in [-0.2, -0.15) is 0 Å². The van der Waals surface area contributed by atoms with Crippen LogP contribution in [0.4, 0.5) is 0 Å². The first-order chi connectivity index (χ1) is 7.10. The van der Waals surface area contributed by atoms with Crippen LogP contribution in [0.25, 0.3) is 0 Å². The highest BCUT2D eigenvalue weighted by molar-refractivity contribution is 5.85. The number of rotatable bonds is 4. The molecule has 15 heavy (non-hydrogen) atoms. The molecule has 4 nitrogen and oxygen atoms in total. The highest BCUT2D eigenvalue weighted by atomic mass is 16.4. The second-order valence-electron chi connectivity index (χ2n) is 4.28. The van der Waals surface area contributed by atoms with Crippen LogP contribution in [-0.4, -0.2) is 23.5 Å². The third-order valence-electron chi connectivity index (χ3n) is 3.14. The lowest BCUT2D eigenvalue weighted by Gasteiger charge is -2.32. The Kier molecular flexibility index (Phi) is 4.12. The summed E-state index contributed by atoms with van der Waals surface area (Å²) >= 11 is 0. The summed E-state index contributed by atoms with van der Waals surface area (Å²) in [5.74, 6) is -0.949. The number of nitrogens with one attached hydrogen (secondary N) is 1. The molecular weight excluding hydrogens is 194 g/mol. The minimum atomic E-state index is -0.812. The molecule has 0 aromatic rings. The third-order valence-corrected chi connectivity index (χ3v) is 3.14. The average molecular weight is 213 g/mol. The summed E-state index contributed by atoms with van der Waals surface area (Å²) in [5, 5.41) is 11.9. The summed E-state index contributed by atoms with van der Waals surface area (Å²) in [4.78, 5) is 22.7. The molecule has 1 aliphatic rings.